The molecule has 0 rings (SSSR count). The Morgan fingerprint density at radius 2 is 0.551 bits per heavy atom. The molecule has 0 aliphatic heterocycles. The SMILES string of the molecule is CC/C=C\C/C=C\C/C=C\C/C=C\C/C=C\C/C=C\CCC(=O)OCC(COC(=O)CC/C=C\C/C=C\C/C=C\C/C=C\CC)OC(=O)CCCCCCCC/C=C\C/C=C\C/C=C\C/C=C\CC. The summed E-state index contributed by atoms with van der Waals surface area (Å²) in [7, 11) is 0. The number of carbonyl (C=O) groups is 3. The van der Waals surface area contributed by atoms with Gasteiger partial charge in [0.1, 0.15) is 13.2 Å². The zero-order valence-electron chi connectivity index (χ0n) is 43.5. The summed E-state index contributed by atoms with van der Waals surface area (Å²) in [5.41, 5.74) is 0. The molecule has 0 aromatic carbocycles. The van der Waals surface area contributed by atoms with Gasteiger partial charge in [-0.3, -0.25) is 14.4 Å². The summed E-state index contributed by atoms with van der Waals surface area (Å²) in [6.07, 6.45) is 82.2. The Morgan fingerprint density at radius 3 is 0.870 bits per heavy atom. The van der Waals surface area contributed by atoms with Crippen molar-refractivity contribution in [1.29, 1.82) is 0 Å². The summed E-state index contributed by atoms with van der Waals surface area (Å²) in [6, 6.07) is 0. The fourth-order valence-electron chi connectivity index (χ4n) is 6.35. The number of unbranched alkanes of at least 4 members (excludes halogenated alkanes) is 6. The van der Waals surface area contributed by atoms with Crippen molar-refractivity contribution in [3.63, 3.8) is 0 Å². The third kappa shape index (κ3) is 53.6. The molecule has 0 saturated heterocycles. The Kier molecular flexibility index (Phi) is 51.2. The molecule has 0 aromatic rings. The average molecular weight is 947 g/mol. The fraction of sp³-hybridized carbons (Fsp3) is 0.508. The summed E-state index contributed by atoms with van der Waals surface area (Å²) in [4.78, 5) is 38.0. The molecule has 0 bridgehead atoms. The van der Waals surface area contributed by atoms with Crippen LogP contribution in [0.15, 0.2) is 170 Å². The first-order valence-electron chi connectivity index (χ1n) is 26.6. The van der Waals surface area contributed by atoms with Crippen molar-refractivity contribution in [3.05, 3.63) is 170 Å². The standard InChI is InChI=1S/C63H94O6/c1-4-7-10-13-16-19-22-25-27-29-31-33-35-38-41-44-47-50-53-56-62(65)68-59-60(58-67-61(64)55-52-49-46-43-40-37-24-21-18-15-12-9-6-3)69-63(66)57-54-51-48-45-42-39-36-34-32-30-28-26-23-20-17-14-11-8-5-2/h7-12,16-21,25-28,31-34,37-38,40-41,46-47,49-50,60H,4-6,13-15,22-24,29-30,35-36,39,42-45,48,51-59H2,1-3H3/b10-7-,11-8-,12-9-,19-16-,20-17-,21-18-,27-25-,28-26-,33-31-,34-32-,40-37-,41-38-,49-46-,50-47-. The van der Waals surface area contributed by atoms with Crippen LogP contribution >= 0.6 is 0 Å². The highest BCUT2D eigenvalue weighted by Crippen LogP contribution is 2.11. The Labute approximate surface area is 422 Å². The smallest absolute Gasteiger partial charge is 0.306 e. The summed E-state index contributed by atoms with van der Waals surface area (Å²) >= 11 is 0. The predicted molar refractivity (Wildman–Crippen MR) is 297 cm³/mol. The minimum absolute atomic E-state index is 0.154. The monoisotopic (exact) mass is 947 g/mol. The van der Waals surface area contributed by atoms with Gasteiger partial charge in [-0.2, -0.15) is 0 Å². The maximum atomic E-state index is 12.8. The first kappa shape index (κ1) is 63.8. The van der Waals surface area contributed by atoms with Crippen molar-refractivity contribution in [3.8, 4) is 0 Å². The van der Waals surface area contributed by atoms with Crippen LogP contribution < -0.4 is 0 Å². The van der Waals surface area contributed by atoms with E-state index in [0.717, 1.165) is 122 Å². The molecule has 6 nitrogen and oxygen atoms in total. The van der Waals surface area contributed by atoms with E-state index in [0.29, 0.717) is 12.8 Å². The second-order valence-electron chi connectivity index (χ2n) is 16.6. The number of hydrogen-bond acceptors (Lipinski definition) is 6. The van der Waals surface area contributed by atoms with Gasteiger partial charge in [0.25, 0.3) is 0 Å². The van der Waals surface area contributed by atoms with Crippen LogP contribution in [-0.2, 0) is 28.6 Å². The van der Waals surface area contributed by atoms with Gasteiger partial charge in [0.2, 0.25) is 0 Å². The predicted octanol–water partition coefficient (Wildman–Crippen LogP) is 18.0. The first-order valence-corrected chi connectivity index (χ1v) is 26.6. The van der Waals surface area contributed by atoms with E-state index in [-0.39, 0.29) is 50.4 Å². The van der Waals surface area contributed by atoms with Crippen molar-refractivity contribution in [2.24, 2.45) is 0 Å². The Hall–Kier alpha value is -5.23. The minimum atomic E-state index is -0.855. The van der Waals surface area contributed by atoms with Crippen molar-refractivity contribution < 1.29 is 28.6 Å². The van der Waals surface area contributed by atoms with Crippen LogP contribution in [0.4, 0.5) is 0 Å². The van der Waals surface area contributed by atoms with Gasteiger partial charge in [0.15, 0.2) is 6.10 Å². The van der Waals surface area contributed by atoms with Gasteiger partial charge >= 0.3 is 17.9 Å². The zero-order valence-corrected chi connectivity index (χ0v) is 43.5. The molecule has 0 aliphatic carbocycles. The van der Waals surface area contributed by atoms with Gasteiger partial charge in [-0.1, -0.05) is 217 Å². The van der Waals surface area contributed by atoms with Crippen LogP contribution in [0, 0.1) is 0 Å². The molecule has 0 saturated carbocycles. The van der Waals surface area contributed by atoms with E-state index in [1.807, 2.05) is 24.3 Å². The number of ether oxygens (including phenoxy) is 3. The van der Waals surface area contributed by atoms with E-state index < -0.39 is 6.10 Å². The second-order valence-corrected chi connectivity index (χ2v) is 16.6. The summed E-state index contributed by atoms with van der Waals surface area (Å²) < 4.78 is 16.7. The van der Waals surface area contributed by atoms with Crippen LogP contribution in [0.25, 0.3) is 0 Å². The molecule has 0 amide bonds. The van der Waals surface area contributed by atoms with E-state index in [1.165, 1.54) is 12.8 Å². The molecule has 0 fully saturated rings. The van der Waals surface area contributed by atoms with E-state index in [1.54, 1.807) is 0 Å². The Bertz CT molecular complexity index is 1650. The Morgan fingerprint density at radius 1 is 0.290 bits per heavy atom. The maximum absolute atomic E-state index is 12.8. The lowest BCUT2D eigenvalue weighted by atomic mass is 10.1. The molecule has 0 aromatic heterocycles. The van der Waals surface area contributed by atoms with Crippen molar-refractivity contribution >= 4 is 17.9 Å². The number of allylic oxidation sites excluding steroid dienone is 28. The molecule has 0 spiro atoms. The molecular formula is C63H94O6. The molecule has 6 heteroatoms. The lowest BCUT2D eigenvalue weighted by Gasteiger charge is -2.18. The van der Waals surface area contributed by atoms with Crippen molar-refractivity contribution in [1.82, 2.24) is 0 Å². The summed E-state index contributed by atoms with van der Waals surface area (Å²) in [6.45, 7) is 6.12. The van der Waals surface area contributed by atoms with Gasteiger partial charge in [0.05, 0.1) is 0 Å². The topological polar surface area (TPSA) is 78.9 Å². The van der Waals surface area contributed by atoms with Gasteiger partial charge in [-0.05, 0) is 122 Å². The quantitative estimate of drug-likeness (QED) is 0.0262. The summed E-state index contributed by atoms with van der Waals surface area (Å²) in [5, 5.41) is 0. The highest BCUT2D eigenvalue weighted by molar-refractivity contribution is 5.71. The number of hydrogen-bond donors (Lipinski definition) is 0. The van der Waals surface area contributed by atoms with Crippen LogP contribution in [0.3, 0.4) is 0 Å². The lowest BCUT2D eigenvalue weighted by molar-refractivity contribution is -0.166. The highest BCUT2D eigenvalue weighted by atomic mass is 16.6. The van der Waals surface area contributed by atoms with Crippen LogP contribution in [0.1, 0.15) is 188 Å². The molecule has 382 valence electrons. The van der Waals surface area contributed by atoms with Crippen molar-refractivity contribution in [2.75, 3.05) is 13.2 Å². The lowest BCUT2D eigenvalue weighted by Crippen LogP contribution is -2.30. The number of rotatable bonds is 45. The van der Waals surface area contributed by atoms with Gasteiger partial charge < -0.3 is 14.2 Å². The number of esters is 3. The molecule has 69 heavy (non-hydrogen) atoms. The summed E-state index contributed by atoms with van der Waals surface area (Å²) in [5.74, 6) is -1.14. The molecule has 0 heterocycles. The molecule has 1 atom stereocenters. The van der Waals surface area contributed by atoms with Gasteiger partial charge in [-0.15, -0.1) is 0 Å². The number of carbonyl (C=O) groups excluding carboxylic acids is 3. The largest absolute Gasteiger partial charge is 0.462 e. The van der Waals surface area contributed by atoms with Crippen LogP contribution in [0.5, 0.6) is 0 Å². The zero-order chi connectivity index (χ0) is 50.0. The van der Waals surface area contributed by atoms with E-state index in [9.17, 15) is 14.4 Å². The van der Waals surface area contributed by atoms with Gasteiger partial charge in [0, 0.05) is 19.3 Å². The highest BCUT2D eigenvalue weighted by Gasteiger charge is 2.19. The third-order valence-electron chi connectivity index (χ3n) is 10.2. The molecule has 1 unspecified atom stereocenters. The normalized spacial score (nSPS) is 13.5. The van der Waals surface area contributed by atoms with Crippen LogP contribution in [0.2, 0.25) is 0 Å². The van der Waals surface area contributed by atoms with Gasteiger partial charge in [-0.25, -0.2) is 0 Å². The average Bonchev–Trinajstić information content (AvgIpc) is 3.35. The van der Waals surface area contributed by atoms with Crippen molar-refractivity contribution in [2.45, 2.75) is 194 Å². The van der Waals surface area contributed by atoms with Crippen LogP contribution in [-0.4, -0.2) is 37.2 Å². The third-order valence-corrected chi connectivity index (χ3v) is 10.2. The Balaban J connectivity index is 4.63. The molecule has 0 radical (unpaired) electrons. The van der Waals surface area contributed by atoms with E-state index in [2.05, 4.69) is 167 Å². The minimum Gasteiger partial charge on any atom is -0.462 e. The van der Waals surface area contributed by atoms with E-state index in [4.69, 9.17) is 14.2 Å². The fourth-order valence-corrected chi connectivity index (χ4v) is 6.35. The molecule has 0 aliphatic rings. The second kappa shape index (κ2) is 55.4. The maximum Gasteiger partial charge on any atom is 0.306 e. The molecule has 0 N–H and O–H groups in total. The first-order chi connectivity index (χ1) is 34.0. The molecular weight excluding hydrogens is 853 g/mol. The van der Waals surface area contributed by atoms with E-state index >= 15 is 0 Å².